The van der Waals surface area contributed by atoms with Gasteiger partial charge in [0.25, 0.3) is 0 Å². The van der Waals surface area contributed by atoms with Gasteiger partial charge in [0, 0.05) is 25.8 Å². The second-order valence-corrected chi connectivity index (χ2v) is 11.0. The van der Waals surface area contributed by atoms with Crippen LogP contribution < -0.4 is 4.90 Å². The van der Waals surface area contributed by atoms with Crippen LogP contribution in [0.4, 0.5) is 5.82 Å². The van der Waals surface area contributed by atoms with Crippen LogP contribution in [-0.4, -0.2) is 71.7 Å². The van der Waals surface area contributed by atoms with Crippen LogP contribution in [0.2, 0.25) is 5.28 Å². The first-order valence-electron chi connectivity index (χ1n) is 9.29. The molecule has 2 fully saturated rings. The Kier molecular flexibility index (Phi) is 6.09. The van der Waals surface area contributed by atoms with E-state index in [1.165, 1.54) is 17.5 Å². The van der Waals surface area contributed by atoms with Crippen molar-refractivity contribution in [1.82, 2.24) is 19.7 Å². The predicted molar refractivity (Wildman–Crippen MR) is 110 cm³/mol. The van der Waals surface area contributed by atoms with Gasteiger partial charge in [-0.25, -0.2) is 4.68 Å². The minimum atomic E-state index is -4.07. The second kappa shape index (κ2) is 8.30. The number of hydrogen-bond acceptors (Lipinski definition) is 8. The standard InChI is InChI=1S/C16H23ClN5O5PS/c1-21(6-9-2-3-9)13-11-5-18-22(14(11)20-16(17)19-13)15-12(23)4-10(27-15)7-29-8-28(24,25)26/h5,9-10,12,15,23H,2-4,6-8H2,1H3,(H2,24,25,26)/t10-,12+,15+/m0/s1. The average Bonchev–Trinajstić information content (AvgIpc) is 3.22. The first-order chi connectivity index (χ1) is 13.7. The Morgan fingerprint density at radius 3 is 2.86 bits per heavy atom. The Morgan fingerprint density at radius 2 is 2.17 bits per heavy atom. The fourth-order valence-electron chi connectivity index (χ4n) is 3.50. The molecule has 1 aliphatic heterocycles. The average molecular weight is 464 g/mol. The summed E-state index contributed by atoms with van der Waals surface area (Å²) in [6, 6.07) is 0. The predicted octanol–water partition coefficient (Wildman–Crippen LogP) is 1.84. The van der Waals surface area contributed by atoms with E-state index in [9.17, 15) is 9.67 Å². The zero-order valence-electron chi connectivity index (χ0n) is 15.8. The number of anilines is 1. The maximum absolute atomic E-state index is 11.0. The zero-order chi connectivity index (χ0) is 20.8. The van der Waals surface area contributed by atoms with Gasteiger partial charge in [-0.15, -0.1) is 11.8 Å². The van der Waals surface area contributed by atoms with Gasteiger partial charge in [0.1, 0.15) is 11.9 Å². The van der Waals surface area contributed by atoms with Crippen LogP contribution in [0.1, 0.15) is 25.5 Å². The molecule has 1 saturated carbocycles. The van der Waals surface area contributed by atoms with Gasteiger partial charge in [-0.3, -0.25) is 4.57 Å². The quantitative estimate of drug-likeness (QED) is 0.393. The van der Waals surface area contributed by atoms with Crippen molar-refractivity contribution < 1.29 is 24.2 Å². The summed E-state index contributed by atoms with van der Waals surface area (Å²) in [5, 5.41) is 15.7. The van der Waals surface area contributed by atoms with Crippen LogP contribution in [-0.2, 0) is 9.30 Å². The molecule has 13 heteroatoms. The summed E-state index contributed by atoms with van der Waals surface area (Å²) < 4.78 is 18.4. The summed E-state index contributed by atoms with van der Waals surface area (Å²) in [4.78, 5) is 28.7. The molecule has 0 spiro atoms. The molecule has 160 valence electrons. The first-order valence-corrected chi connectivity index (χ1v) is 12.6. The zero-order valence-corrected chi connectivity index (χ0v) is 18.2. The van der Waals surface area contributed by atoms with Gasteiger partial charge in [-0.05, 0) is 30.4 Å². The van der Waals surface area contributed by atoms with E-state index < -0.39 is 19.9 Å². The lowest BCUT2D eigenvalue weighted by Crippen LogP contribution is -2.23. The van der Waals surface area contributed by atoms with Crippen molar-refractivity contribution in [2.75, 3.05) is 29.7 Å². The van der Waals surface area contributed by atoms with Crippen LogP contribution in [0, 0.1) is 5.92 Å². The minimum absolute atomic E-state index is 0.0955. The molecule has 0 bridgehead atoms. The number of hydrogen-bond donors (Lipinski definition) is 3. The Balaban J connectivity index is 1.53. The lowest BCUT2D eigenvalue weighted by atomic mass is 10.2. The molecule has 0 unspecified atom stereocenters. The number of aromatic nitrogens is 4. The number of thioether (sulfide) groups is 1. The van der Waals surface area contributed by atoms with Gasteiger partial charge in [0.15, 0.2) is 11.9 Å². The third-order valence-electron chi connectivity index (χ3n) is 4.97. The summed E-state index contributed by atoms with van der Waals surface area (Å²) >= 11 is 7.26. The maximum atomic E-state index is 11.0. The highest BCUT2D eigenvalue weighted by Gasteiger charge is 2.37. The van der Waals surface area contributed by atoms with Gasteiger partial charge in [-0.1, -0.05) is 0 Å². The summed E-state index contributed by atoms with van der Waals surface area (Å²) in [6.07, 6.45) is 2.51. The molecule has 0 amide bonds. The fourth-order valence-corrected chi connectivity index (χ4v) is 5.51. The van der Waals surface area contributed by atoms with E-state index in [1.807, 2.05) is 11.9 Å². The number of aliphatic hydroxyl groups is 1. The second-order valence-electron chi connectivity index (χ2n) is 7.58. The van der Waals surface area contributed by atoms with Gasteiger partial charge >= 0.3 is 7.60 Å². The van der Waals surface area contributed by atoms with E-state index in [2.05, 4.69) is 15.1 Å². The number of ether oxygens (including phenoxy) is 1. The fraction of sp³-hybridized carbons (Fsp3) is 0.688. The molecule has 3 atom stereocenters. The van der Waals surface area contributed by atoms with Crippen molar-refractivity contribution in [1.29, 1.82) is 0 Å². The van der Waals surface area contributed by atoms with E-state index in [0.29, 0.717) is 29.6 Å². The molecule has 0 aromatic carbocycles. The van der Waals surface area contributed by atoms with E-state index in [4.69, 9.17) is 26.1 Å². The van der Waals surface area contributed by atoms with Crippen molar-refractivity contribution in [3.05, 3.63) is 11.5 Å². The van der Waals surface area contributed by atoms with Crippen LogP contribution >= 0.6 is 31.0 Å². The Hall–Kier alpha value is -0.940. The molecule has 2 aromatic rings. The highest BCUT2D eigenvalue weighted by molar-refractivity contribution is 8.04. The Morgan fingerprint density at radius 1 is 1.41 bits per heavy atom. The molecular weight excluding hydrogens is 441 g/mol. The van der Waals surface area contributed by atoms with Crippen molar-refractivity contribution in [3.8, 4) is 0 Å². The third-order valence-corrected chi connectivity index (χ3v) is 7.82. The monoisotopic (exact) mass is 463 g/mol. The van der Waals surface area contributed by atoms with E-state index in [-0.39, 0.29) is 16.9 Å². The van der Waals surface area contributed by atoms with Gasteiger partial charge in [-0.2, -0.15) is 15.1 Å². The maximum Gasteiger partial charge on any atom is 0.335 e. The normalized spacial score (nSPS) is 25.1. The molecule has 4 rings (SSSR count). The minimum Gasteiger partial charge on any atom is -0.388 e. The van der Waals surface area contributed by atoms with Gasteiger partial charge < -0.3 is 24.5 Å². The number of halogens is 1. The lowest BCUT2D eigenvalue weighted by Gasteiger charge is -2.19. The largest absolute Gasteiger partial charge is 0.388 e. The molecule has 2 aromatic heterocycles. The van der Waals surface area contributed by atoms with Crippen LogP contribution in [0.15, 0.2) is 6.20 Å². The smallest absolute Gasteiger partial charge is 0.335 e. The summed E-state index contributed by atoms with van der Waals surface area (Å²) in [5.41, 5.74) is 0.202. The van der Waals surface area contributed by atoms with Crippen molar-refractivity contribution in [3.63, 3.8) is 0 Å². The number of fused-ring (bicyclic) bond motifs is 1. The molecule has 2 aliphatic rings. The lowest BCUT2D eigenvalue weighted by molar-refractivity contribution is -0.0357. The third kappa shape index (κ3) is 5.04. The van der Waals surface area contributed by atoms with Crippen molar-refractivity contribution in [2.45, 2.75) is 37.7 Å². The SMILES string of the molecule is CN(CC1CC1)c1nc(Cl)nc2c1cnn2[C@@H]1O[C@H](CSCP(=O)(O)O)C[C@H]1O. The highest BCUT2D eigenvalue weighted by Crippen LogP contribution is 2.40. The Bertz CT molecular complexity index is 938. The summed E-state index contributed by atoms with van der Waals surface area (Å²) in [5.74, 6) is 1.73. The van der Waals surface area contributed by atoms with Crippen molar-refractivity contribution in [2.24, 2.45) is 5.92 Å². The Labute approximate surface area is 176 Å². The van der Waals surface area contributed by atoms with E-state index in [0.717, 1.165) is 23.7 Å². The molecule has 3 heterocycles. The van der Waals surface area contributed by atoms with Crippen LogP contribution in [0.25, 0.3) is 11.0 Å². The molecule has 29 heavy (non-hydrogen) atoms. The first kappa shape index (κ1) is 21.3. The molecule has 1 aliphatic carbocycles. The molecule has 10 nitrogen and oxygen atoms in total. The number of rotatable bonds is 8. The molecular formula is C16H23ClN5O5PS. The summed E-state index contributed by atoms with van der Waals surface area (Å²) in [7, 11) is -2.11. The van der Waals surface area contributed by atoms with E-state index >= 15 is 0 Å². The van der Waals surface area contributed by atoms with Crippen molar-refractivity contribution >= 4 is 47.8 Å². The molecule has 1 saturated heterocycles. The summed E-state index contributed by atoms with van der Waals surface area (Å²) in [6.45, 7) is 0.884. The van der Waals surface area contributed by atoms with Crippen LogP contribution in [0.5, 0.6) is 0 Å². The number of nitrogens with zero attached hydrogens (tertiary/aromatic N) is 5. The highest BCUT2D eigenvalue weighted by atomic mass is 35.5. The topological polar surface area (TPSA) is 134 Å². The van der Waals surface area contributed by atoms with Gasteiger partial charge in [0.05, 0.1) is 23.2 Å². The molecule has 0 radical (unpaired) electrons. The van der Waals surface area contributed by atoms with Gasteiger partial charge in [0.2, 0.25) is 5.28 Å². The number of aliphatic hydroxyl groups excluding tert-OH is 1. The van der Waals surface area contributed by atoms with E-state index in [1.54, 1.807) is 6.20 Å². The molecule has 3 N–H and O–H groups in total. The van der Waals surface area contributed by atoms with Crippen LogP contribution in [0.3, 0.4) is 0 Å².